The van der Waals surface area contributed by atoms with E-state index in [-0.39, 0.29) is 0 Å². The lowest BCUT2D eigenvalue weighted by molar-refractivity contribution is -0.138. The number of rotatable bonds is 2. The van der Waals surface area contributed by atoms with Crippen LogP contribution in [0.3, 0.4) is 0 Å². The van der Waals surface area contributed by atoms with Crippen molar-refractivity contribution in [3.63, 3.8) is 0 Å². The standard InChI is InChI=1S/C6H8N2O2S/c1-3-2-11-5(8-3)4(7)6(9)10/h2,4H,7H2,1H3,(H,9,10). The molecule has 0 radical (unpaired) electrons. The summed E-state index contributed by atoms with van der Waals surface area (Å²) in [5, 5.41) is 10.7. The molecule has 5 heteroatoms. The minimum absolute atomic E-state index is 0.454. The predicted molar refractivity (Wildman–Crippen MR) is 41.4 cm³/mol. The molecule has 0 spiro atoms. The molecule has 1 heterocycles. The van der Waals surface area contributed by atoms with Crippen molar-refractivity contribution in [2.45, 2.75) is 13.0 Å². The lowest BCUT2D eigenvalue weighted by atomic mass is 10.3. The number of carboxylic acid groups (broad SMARTS) is 1. The van der Waals surface area contributed by atoms with Crippen LogP contribution < -0.4 is 5.73 Å². The molecule has 0 fully saturated rings. The van der Waals surface area contributed by atoms with Crippen molar-refractivity contribution in [2.24, 2.45) is 5.73 Å². The average Bonchev–Trinajstić information content (AvgIpc) is 2.34. The zero-order valence-electron chi connectivity index (χ0n) is 5.94. The van der Waals surface area contributed by atoms with Crippen molar-refractivity contribution in [1.29, 1.82) is 0 Å². The Morgan fingerprint density at radius 3 is 2.91 bits per heavy atom. The van der Waals surface area contributed by atoms with Gasteiger partial charge in [-0.15, -0.1) is 11.3 Å². The molecule has 4 nitrogen and oxygen atoms in total. The zero-order valence-corrected chi connectivity index (χ0v) is 6.76. The van der Waals surface area contributed by atoms with E-state index in [9.17, 15) is 4.79 Å². The van der Waals surface area contributed by atoms with Gasteiger partial charge >= 0.3 is 5.97 Å². The van der Waals surface area contributed by atoms with E-state index in [0.29, 0.717) is 5.01 Å². The van der Waals surface area contributed by atoms with E-state index < -0.39 is 12.0 Å². The van der Waals surface area contributed by atoms with Gasteiger partial charge in [0.1, 0.15) is 5.01 Å². The van der Waals surface area contributed by atoms with Crippen molar-refractivity contribution in [1.82, 2.24) is 4.98 Å². The first kappa shape index (κ1) is 8.16. The molecule has 0 aromatic carbocycles. The Kier molecular flexibility index (Phi) is 2.21. The normalized spacial score (nSPS) is 12.9. The summed E-state index contributed by atoms with van der Waals surface area (Å²) in [5.41, 5.74) is 6.11. The van der Waals surface area contributed by atoms with Gasteiger partial charge in [0.25, 0.3) is 0 Å². The highest BCUT2D eigenvalue weighted by Crippen LogP contribution is 2.15. The molecule has 1 rings (SSSR count). The maximum atomic E-state index is 10.4. The maximum absolute atomic E-state index is 10.4. The summed E-state index contributed by atoms with van der Waals surface area (Å²) < 4.78 is 0. The van der Waals surface area contributed by atoms with Crippen molar-refractivity contribution < 1.29 is 9.90 Å². The number of nitrogens with two attached hydrogens (primary N) is 1. The molecule has 0 bridgehead atoms. The minimum Gasteiger partial charge on any atom is -0.480 e. The van der Waals surface area contributed by atoms with Crippen LogP contribution in [0.15, 0.2) is 5.38 Å². The molecule has 3 N–H and O–H groups in total. The Balaban J connectivity index is 2.84. The summed E-state index contributed by atoms with van der Waals surface area (Å²) in [5.74, 6) is -1.04. The minimum atomic E-state index is -1.04. The van der Waals surface area contributed by atoms with E-state index in [1.165, 1.54) is 11.3 Å². The molecular formula is C6H8N2O2S. The second-order valence-electron chi connectivity index (χ2n) is 2.14. The number of carbonyl (C=O) groups is 1. The van der Waals surface area contributed by atoms with Gasteiger partial charge in [0.2, 0.25) is 0 Å². The Morgan fingerprint density at radius 2 is 2.55 bits per heavy atom. The van der Waals surface area contributed by atoms with Gasteiger partial charge in [0.05, 0.1) is 0 Å². The van der Waals surface area contributed by atoms with E-state index >= 15 is 0 Å². The maximum Gasteiger partial charge on any atom is 0.327 e. The number of thiazole rings is 1. The molecule has 1 aromatic heterocycles. The highest BCUT2D eigenvalue weighted by molar-refractivity contribution is 7.09. The summed E-state index contributed by atoms with van der Waals surface area (Å²) in [6.07, 6.45) is 0. The summed E-state index contributed by atoms with van der Waals surface area (Å²) in [4.78, 5) is 14.3. The van der Waals surface area contributed by atoms with Crippen LogP contribution in [0.5, 0.6) is 0 Å². The summed E-state index contributed by atoms with van der Waals surface area (Å²) in [7, 11) is 0. The monoisotopic (exact) mass is 172 g/mol. The van der Waals surface area contributed by atoms with E-state index in [1.807, 2.05) is 0 Å². The smallest absolute Gasteiger partial charge is 0.327 e. The van der Waals surface area contributed by atoms with Crippen LogP contribution in [0.2, 0.25) is 0 Å². The SMILES string of the molecule is Cc1csc(C(N)C(=O)O)n1. The Hall–Kier alpha value is -0.940. The topological polar surface area (TPSA) is 76.2 Å². The van der Waals surface area contributed by atoms with Gasteiger partial charge in [0.15, 0.2) is 6.04 Å². The third-order valence-corrected chi connectivity index (χ3v) is 2.21. The highest BCUT2D eigenvalue weighted by Gasteiger charge is 2.16. The molecule has 60 valence electrons. The fraction of sp³-hybridized carbons (Fsp3) is 0.333. The van der Waals surface area contributed by atoms with E-state index in [2.05, 4.69) is 4.98 Å². The van der Waals surface area contributed by atoms with Gasteiger partial charge in [-0.25, -0.2) is 4.98 Å². The quantitative estimate of drug-likeness (QED) is 0.682. The zero-order chi connectivity index (χ0) is 8.43. The Labute approximate surface area is 67.7 Å². The van der Waals surface area contributed by atoms with E-state index in [1.54, 1.807) is 12.3 Å². The molecular weight excluding hydrogens is 164 g/mol. The molecule has 0 aliphatic carbocycles. The summed E-state index contributed by atoms with van der Waals surface area (Å²) in [6.45, 7) is 1.80. The van der Waals surface area contributed by atoms with Gasteiger partial charge in [-0.2, -0.15) is 0 Å². The van der Waals surface area contributed by atoms with Crippen LogP contribution in [0.1, 0.15) is 16.7 Å². The number of hydrogen-bond acceptors (Lipinski definition) is 4. The first-order chi connectivity index (χ1) is 5.11. The van der Waals surface area contributed by atoms with Crippen molar-refractivity contribution in [2.75, 3.05) is 0 Å². The van der Waals surface area contributed by atoms with Crippen LogP contribution in [-0.4, -0.2) is 16.1 Å². The lowest BCUT2D eigenvalue weighted by Gasteiger charge is -1.99. The molecule has 0 saturated carbocycles. The van der Waals surface area contributed by atoms with Gasteiger partial charge < -0.3 is 10.8 Å². The molecule has 0 amide bonds. The van der Waals surface area contributed by atoms with Crippen LogP contribution in [-0.2, 0) is 4.79 Å². The molecule has 1 atom stereocenters. The van der Waals surface area contributed by atoms with Crippen LogP contribution >= 0.6 is 11.3 Å². The third-order valence-electron chi connectivity index (χ3n) is 1.17. The molecule has 11 heavy (non-hydrogen) atoms. The van der Waals surface area contributed by atoms with Gasteiger partial charge in [-0.3, -0.25) is 4.79 Å². The number of nitrogens with zero attached hydrogens (tertiary/aromatic N) is 1. The van der Waals surface area contributed by atoms with Gasteiger partial charge in [-0.1, -0.05) is 0 Å². The van der Waals surface area contributed by atoms with E-state index in [4.69, 9.17) is 10.8 Å². The lowest BCUT2D eigenvalue weighted by Crippen LogP contribution is -2.20. The Morgan fingerprint density at radius 1 is 1.91 bits per heavy atom. The molecule has 0 aliphatic rings. The highest BCUT2D eigenvalue weighted by atomic mass is 32.1. The Bertz CT molecular complexity index is 271. The summed E-state index contributed by atoms with van der Waals surface area (Å²) in [6, 6.07) is -0.978. The van der Waals surface area contributed by atoms with Crippen LogP contribution in [0.25, 0.3) is 0 Å². The first-order valence-electron chi connectivity index (χ1n) is 3.01. The fourth-order valence-electron chi connectivity index (χ4n) is 0.621. The first-order valence-corrected chi connectivity index (χ1v) is 3.89. The number of aromatic nitrogens is 1. The van der Waals surface area contributed by atoms with Crippen molar-refractivity contribution in [3.05, 3.63) is 16.1 Å². The molecule has 0 aliphatic heterocycles. The molecule has 0 saturated heterocycles. The third kappa shape index (κ3) is 1.75. The second kappa shape index (κ2) is 2.98. The van der Waals surface area contributed by atoms with E-state index in [0.717, 1.165) is 5.69 Å². The predicted octanol–water partition coefficient (Wildman–Crippen LogP) is 0.536. The second-order valence-corrected chi connectivity index (χ2v) is 3.03. The van der Waals surface area contributed by atoms with Crippen molar-refractivity contribution >= 4 is 17.3 Å². The number of carboxylic acids is 1. The largest absolute Gasteiger partial charge is 0.480 e. The van der Waals surface area contributed by atoms with Crippen LogP contribution in [0, 0.1) is 6.92 Å². The van der Waals surface area contributed by atoms with Crippen molar-refractivity contribution in [3.8, 4) is 0 Å². The number of aliphatic carboxylic acids is 1. The average molecular weight is 172 g/mol. The molecule has 1 unspecified atom stereocenters. The summed E-state index contributed by atoms with van der Waals surface area (Å²) >= 11 is 1.27. The fourth-order valence-corrected chi connectivity index (χ4v) is 1.41. The molecule has 1 aromatic rings. The van der Waals surface area contributed by atoms with Gasteiger partial charge in [-0.05, 0) is 6.92 Å². The van der Waals surface area contributed by atoms with Gasteiger partial charge in [0, 0.05) is 11.1 Å². The number of aryl methyl sites for hydroxylation is 1. The van der Waals surface area contributed by atoms with Crippen LogP contribution in [0.4, 0.5) is 0 Å². The number of hydrogen-bond donors (Lipinski definition) is 2.